The molecule has 17 heavy (non-hydrogen) atoms. The van der Waals surface area contributed by atoms with Gasteiger partial charge in [-0.2, -0.15) is 5.10 Å². The van der Waals surface area contributed by atoms with Crippen molar-refractivity contribution in [2.75, 3.05) is 5.32 Å². The Kier molecular flexibility index (Phi) is 3.01. The Labute approximate surface area is 106 Å². The third-order valence-corrected chi connectivity index (χ3v) is 2.54. The predicted octanol–water partition coefficient (Wildman–Crippen LogP) is 1.41. The van der Waals surface area contributed by atoms with Gasteiger partial charge in [0.25, 0.3) is 5.91 Å². The van der Waals surface area contributed by atoms with Gasteiger partial charge in [0.15, 0.2) is 5.65 Å². The molecule has 2 rings (SSSR count). The zero-order valence-electron chi connectivity index (χ0n) is 9.44. The molecular formula is C10H12BrN5O. The summed E-state index contributed by atoms with van der Waals surface area (Å²) in [6, 6.07) is 0.162. The Morgan fingerprint density at radius 2 is 2.29 bits per heavy atom. The van der Waals surface area contributed by atoms with E-state index in [9.17, 15) is 4.79 Å². The van der Waals surface area contributed by atoms with Crippen molar-refractivity contribution in [1.29, 1.82) is 0 Å². The van der Waals surface area contributed by atoms with Crippen molar-refractivity contribution in [1.82, 2.24) is 14.6 Å². The van der Waals surface area contributed by atoms with Gasteiger partial charge in [-0.15, -0.1) is 0 Å². The summed E-state index contributed by atoms with van der Waals surface area (Å²) in [5.41, 5.74) is 6.83. The predicted molar refractivity (Wildman–Crippen MR) is 68.0 cm³/mol. The molecule has 1 amide bonds. The van der Waals surface area contributed by atoms with E-state index in [2.05, 4.69) is 31.3 Å². The van der Waals surface area contributed by atoms with E-state index in [1.807, 2.05) is 13.8 Å². The minimum Gasteiger partial charge on any atom is -0.379 e. The molecule has 0 fully saturated rings. The number of amides is 1. The lowest BCUT2D eigenvalue weighted by molar-refractivity contribution is 0.100. The molecule has 0 aliphatic carbocycles. The molecule has 2 aromatic rings. The fourth-order valence-corrected chi connectivity index (χ4v) is 1.89. The van der Waals surface area contributed by atoms with Crippen molar-refractivity contribution in [2.24, 2.45) is 5.73 Å². The zero-order chi connectivity index (χ0) is 12.6. The lowest BCUT2D eigenvalue weighted by atomic mass is 10.2. The van der Waals surface area contributed by atoms with E-state index in [-0.39, 0.29) is 6.04 Å². The van der Waals surface area contributed by atoms with Crippen LogP contribution in [0.3, 0.4) is 0 Å². The van der Waals surface area contributed by atoms with E-state index >= 15 is 0 Å². The van der Waals surface area contributed by atoms with Crippen LogP contribution in [0.1, 0.15) is 24.2 Å². The molecular weight excluding hydrogens is 286 g/mol. The van der Waals surface area contributed by atoms with Crippen LogP contribution >= 0.6 is 15.9 Å². The number of aromatic nitrogens is 3. The van der Waals surface area contributed by atoms with Crippen molar-refractivity contribution in [3.05, 3.63) is 22.6 Å². The maximum atomic E-state index is 11.3. The Hall–Kier alpha value is -1.63. The lowest BCUT2D eigenvalue weighted by Crippen LogP contribution is -2.19. The smallest absolute Gasteiger partial charge is 0.252 e. The molecule has 0 aliphatic rings. The Bertz CT molecular complexity index is 577. The molecule has 0 unspecified atom stereocenters. The van der Waals surface area contributed by atoms with Crippen LogP contribution in [0.5, 0.6) is 0 Å². The summed E-state index contributed by atoms with van der Waals surface area (Å²) in [6.07, 6.45) is 3.15. The highest BCUT2D eigenvalue weighted by molar-refractivity contribution is 9.10. The van der Waals surface area contributed by atoms with Gasteiger partial charge in [0, 0.05) is 6.04 Å². The number of anilines is 1. The molecule has 0 saturated carbocycles. The molecule has 0 spiro atoms. The van der Waals surface area contributed by atoms with Crippen molar-refractivity contribution in [2.45, 2.75) is 19.9 Å². The second-order valence-electron chi connectivity index (χ2n) is 3.93. The van der Waals surface area contributed by atoms with Gasteiger partial charge < -0.3 is 11.1 Å². The molecule has 0 aliphatic heterocycles. The van der Waals surface area contributed by atoms with E-state index in [4.69, 9.17) is 5.73 Å². The summed E-state index contributed by atoms with van der Waals surface area (Å²) in [5, 5.41) is 7.24. The summed E-state index contributed by atoms with van der Waals surface area (Å²) in [4.78, 5) is 15.6. The zero-order valence-corrected chi connectivity index (χ0v) is 11.0. The first-order chi connectivity index (χ1) is 7.99. The number of nitrogens with two attached hydrogens (primary N) is 1. The average Bonchev–Trinajstić information content (AvgIpc) is 2.58. The molecule has 90 valence electrons. The summed E-state index contributed by atoms with van der Waals surface area (Å²) in [7, 11) is 0. The molecule has 7 heteroatoms. The lowest BCUT2D eigenvalue weighted by Gasteiger charge is -2.13. The van der Waals surface area contributed by atoms with Crippen molar-refractivity contribution in [3.8, 4) is 0 Å². The second-order valence-corrected chi connectivity index (χ2v) is 4.74. The fraction of sp³-hybridized carbons (Fsp3) is 0.300. The monoisotopic (exact) mass is 297 g/mol. The van der Waals surface area contributed by atoms with Gasteiger partial charge in [-0.05, 0) is 29.8 Å². The first-order valence-electron chi connectivity index (χ1n) is 5.09. The highest BCUT2D eigenvalue weighted by Crippen LogP contribution is 2.22. The van der Waals surface area contributed by atoms with Gasteiger partial charge in [-0.25, -0.2) is 9.50 Å². The van der Waals surface area contributed by atoms with Gasteiger partial charge >= 0.3 is 0 Å². The van der Waals surface area contributed by atoms with Crippen LogP contribution in [-0.2, 0) is 0 Å². The van der Waals surface area contributed by atoms with Crippen LogP contribution in [0, 0.1) is 0 Å². The number of hydrogen-bond donors (Lipinski definition) is 2. The quantitative estimate of drug-likeness (QED) is 0.897. The van der Waals surface area contributed by atoms with E-state index < -0.39 is 5.91 Å². The van der Waals surface area contributed by atoms with Crippen LogP contribution in [0.4, 0.5) is 5.69 Å². The topological polar surface area (TPSA) is 85.3 Å². The number of imidazole rings is 1. The third-order valence-electron chi connectivity index (χ3n) is 2.16. The van der Waals surface area contributed by atoms with Crippen LogP contribution in [0.15, 0.2) is 17.0 Å². The van der Waals surface area contributed by atoms with Crippen molar-refractivity contribution < 1.29 is 4.79 Å². The molecule has 0 bridgehead atoms. The number of halogens is 1. The standard InChI is InChI=1S/C10H12BrN5O/c1-5(2)14-8-6(9(12)17)3-13-16-4-7(11)15-10(8)16/h3-5,14H,1-2H3,(H2,12,17). The molecule has 0 saturated heterocycles. The molecule has 0 atom stereocenters. The van der Waals surface area contributed by atoms with Gasteiger partial charge in [0.1, 0.15) is 4.60 Å². The van der Waals surface area contributed by atoms with Gasteiger partial charge in [0.2, 0.25) is 0 Å². The molecule has 6 nitrogen and oxygen atoms in total. The van der Waals surface area contributed by atoms with Crippen LogP contribution < -0.4 is 11.1 Å². The Morgan fingerprint density at radius 1 is 1.59 bits per heavy atom. The normalized spacial score (nSPS) is 11.1. The largest absolute Gasteiger partial charge is 0.379 e. The summed E-state index contributed by atoms with van der Waals surface area (Å²) in [5.74, 6) is -0.526. The van der Waals surface area contributed by atoms with Crippen molar-refractivity contribution in [3.63, 3.8) is 0 Å². The SMILES string of the molecule is CC(C)Nc1c(C(N)=O)cnn2cc(Br)nc12. The van der Waals surface area contributed by atoms with E-state index in [0.717, 1.165) is 0 Å². The minimum absolute atomic E-state index is 0.162. The molecule has 0 aromatic carbocycles. The highest BCUT2D eigenvalue weighted by atomic mass is 79.9. The molecule has 3 N–H and O–H groups in total. The molecule has 2 heterocycles. The van der Waals surface area contributed by atoms with Crippen molar-refractivity contribution >= 4 is 33.2 Å². The maximum Gasteiger partial charge on any atom is 0.252 e. The number of hydrogen-bond acceptors (Lipinski definition) is 4. The Morgan fingerprint density at radius 3 is 2.88 bits per heavy atom. The highest BCUT2D eigenvalue weighted by Gasteiger charge is 2.16. The number of rotatable bonds is 3. The summed E-state index contributed by atoms with van der Waals surface area (Å²) < 4.78 is 2.24. The van der Waals surface area contributed by atoms with Crippen LogP contribution in [0.2, 0.25) is 0 Å². The van der Waals surface area contributed by atoms with E-state index in [1.54, 1.807) is 10.7 Å². The number of primary amides is 1. The van der Waals surface area contributed by atoms with E-state index in [1.165, 1.54) is 6.20 Å². The third kappa shape index (κ3) is 2.23. The first kappa shape index (κ1) is 11.8. The van der Waals surface area contributed by atoms with Crippen LogP contribution in [-0.4, -0.2) is 26.5 Å². The van der Waals surface area contributed by atoms with Gasteiger partial charge in [-0.3, -0.25) is 4.79 Å². The number of nitrogens with one attached hydrogen (secondary N) is 1. The Balaban J connectivity index is 2.69. The van der Waals surface area contributed by atoms with Crippen LogP contribution in [0.25, 0.3) is 5.65 Å². The van der Waals surface area contributed by atoms with E-state index in [0.29, 0.717) is 21.5 Å². The molecule has 0 radical (unpaired) electrons. The summed E-state index contributed by atoms with van der Waals surface area (Å²) in [6.45, 7) is 3.94. The number of carbonyl (C=O) groups excluding carboxylic acids is 1. The first-order valence-corrected chi connectivity index (χ1v) is 5.88. The number of nitrogens with zero attached hydrogens (tertiary/aromatic N) is 3. The van der Waals surface area contributed by atoms with Gasteiger partial charge in [-0.1, -0.05) is 0 Å². The average molecular weight is 298 g/mol. The number of fused-ring (bicyclic) bond motifs is 1. The molecule has 2 aromatic heterocycles. The fourth-order valence-electron chi connectivity index (χ4n) is 1.52. The number of carbonyl (C=O) groups is 1. The summed E-state index contributed by atoms with van der Waals surface area (Å²) >= 11 is 3.27. The maximum absolute atomic E-state index is 11.3. The van der Waals surface area contributed by atoms with Gasteiger partial charge in [0.05, 0.1) is 23.6 Å². The second kappa shape index (κ2) is 4.33. The minimum atomic E-state index is -0.526.